The molecule has 1 aliphatic carbocycles. The van der Waals surface area contributed by atoms with Crippen LogP contribution in [-0.4, -0.2) is 62.7 Å². The van der Waals surface area contributed by atoms with Crippen molar-refractivity contribution in [2.75, 3.05) is 47.3 Å². The van der Waals surface area contributed by atoms with Gasteiger partial charge in [0.25, 0.3) is 0 Å². The van der Waals surface area contributed by atoms with Crippen LogP contribution in [0.3, 0.4) is 0 Å². The van der Waals surface area contributed by atoms with E-state index in [1.54, 1.807) is 0 Å². The number of hydrogen-bond acceptors (Lipinski definition) is 3. The number of hydrogen-bond donors (Lipinski definition) is 1. The van der Waals surface area contributed by atoms with E-state index in [1.807, 2.05) is 0 Å². The Labute approximate surface area is 120 Å². The van der Waals surface area contributed by atoms with Crippen LogP contribution in [0.15, 0.2) is 0 Å². The third-order valence-corrected chi connectivity index (χ3v) is 4.52. The number of likely N-dealkylation sites (N-methyl/N-ethyl adjacent to an activating group) is 2. The maximum atomic E-state index is 3.57. The quantitative estimate of drug-likeness (QED) is 0.683. The fourth-order valence-electron chi connectivity index (χ4n) is 2.77. The Bertz CT molecular complexity index is 251. The predicted octanol–water partition coefficient (Wildman–Crippen LogP) is 2.43. The van der Waals surface area contributed by atoms with Crippen molar-refractivity contribution in [3.05, 3.63) is 0 Å². The van der Waals surface area contributed by atoms with Crippen molar-refractivity contribution in [1.29, 1.82) is 0 Å². The van der Waals surface area contributed by atoms with Gasteiger partial charge < -0.3 is 15.1 Å². The van der Waals surface area contributed by atoms with Crippen LogP contribution >= 0.6 is 0 Å². The number of nitrogens with one attached hydrogen (secondary N) is 1. The Kier molecular flexibility index (Phi) is 6.28. The minimum absolute atomic E-state index is 0.444. The molecule has 0 radical (unpaired) electrons. The first kappa shape index (κ1) is 16.9. The monoisotopic (exact) mass is 269 g/mol. The first-order chi connectivity index (χ1) is 8.75. The maximum Gasteiger partial charge on any atom is 0.0330 e. The molecule has 0 saturated heterocycles. The summed E-state index contributed by atoms with van der Waals surface area (Å²) in [5.41, 5.74) is 0.903. The molecule has 0 spiro atoms. The van der Waals surface area contributed by atoms with E-state index in [0.29, 0.717) is 11.0 Å². The highest BCUT2D eigenvalue weighted by atomic mass is 15.2. The van der Waals surface area contributed by atoms with Crippen LogP contribution in [0, 0.1) is 5.41 Å². The van der Waals surface area contributed by atoms with Crippen LogP contribution in [-0.2, 0) is 0 Å². The summed E-state index contributed by atoms with van der Waals surface area (Å²) in [5.74, 6) is 0. The highest BCUT2D eigenvalue weighted by Crippen LogP contribution is 2.36. The first-order valence-corrected chi connectivity index (χ1v) is 7.82. The Morgan fingerprint density at radius 1 is 1.05 bits per heavy atom. The van der Waals surface area contributed by atoms with Gasteiger partial charge in [0.2, 0.25) is 0 Å². The van der Waals surface area contributed by atoms with E-state index in [4.69, 9.17) is 0 Å². The van der Waals surface area contributed by atoms with Gasteiger partial charge in [0, 0.05) is 25.2 Å². The van der Waals surface area contributed by atoms with Gasteiger partial charge in [-0.05, 0) is 58.8 Å². The van der Waals surface area contributed by atoms with Gasteiger partial charge in [-0.3, -0.25) is 0 Å². The van der Waals surface area contributed by atoms with E-state index in [2.05, 4.69) is 57.0 Å². The molecule has 3 nitrogen and oxygen atoms in total. The Balaban J connectivity index is 2.13. The molecule has 0 aromatic rings. The van der Waals surface area contributed by atoms with E-state index in [0.717, 1.165) is 19.6 Å². The molecule has 0 heterocycles. The van der Waals surface area contributed by atoms with E-state index in [9.17, 15) is 0 Å². The molecular formula is C16H35N3. The molecule has 0 amide bonds. The van der Waals surface area contributed by atoms with E-state index >= 15 is 0 Å². The molecule has 0 aromatic heterocycles. The van der Waals surface area contributed by atoms with Crippen molar-refractivity contribution in [2.45, 2.75) is 52.0 Å². The van der Waals surface area contributed by atoms with Gasteiger partial charge in [-0.15, -0.1) is 0 Å². The summed E-state index contributed by atoms with van der Waals surface area (Å²) in [6.45, 7) is 11.5. The lowest BCUT2D eigenvalue weighted by atomic mass is 9.75. The molecule has 3 heteroatoms. The van der Waals surface area contributed by atoms with Crippen molar-refractivity contribution in [1.82, 2.24) is 15.1 Å². The minimum Gasteiger partial charge on any atom is -0.315 e. The average Bonchev–Trinajstić information content (AvgIpc) is 2.20. The van der Waals surface area contributed by atoms with E-state index in [1.165, 1.54) is 32.2 Å². The summed E-state index contributed by atoms with van der Waals surface area (Å²) in [5, 5.41) is 3.57. The molecule has 1 rings (SSSR count). The Morgan fingerprint density at radius 2 is 1.68 bits per heavy atom. The largest absolute Gasteiger partial charge is 0.315 e. The lowest BCUT2D eigenvalue weighted by molar-refractivity contribution is 0.0282. The summed E-state index contributed by atoms with van der Waals surface area (Å²) in [7, 11) is 6.72. The molecule has 0 aliphatic heterocycles. The van der Waals surface area contributed by atoms with Crippen molar-refractivity contribution >= 4 is 0 Å². The van der Waals surface area contributed by atoms with Crippen molar-refractivity contribution in [2.24, 2.45) is 5.41 Å². The lowest BCUT2D eigenvalue weighted by Gasteiger charge is -2.49. The smallest absolute Gasteiger partial charge is 0.0330 e. The molecule has 19 heavy (non-hydrogen) atoms. The van der Waals surface area contributed by atoms with Crippen LogP contribution in [0.1, 0.15) is 46.5 Å². The molecular weight excluding hydrogens is 234 g/mol. The SMILES string of the molecule is CN(CCNCCC(C)(C)C)CC1(N(C)C)CCC1. The van der Waals surface area contributed by atoms with Crippen molar-refractivity contribution < 1.29 is 0 Å². The van der Waals surface area contributed by atoms with Gasteiger partial charge in [-0.2, -0.15) is 0 Å². The van der Waals surface area contributed by atoms with Gasteiger partial charge in [-0.1, -0.05) is 20.8 Å². The van der Waals surface area contributed by atoms with E-state index < -0.39 is 0 Å². The van der Waals surface area contributed by atoms with Crippen LogP contribution in [0.25, 0.3) is 0 Å². The van der Waals surface area contributed by atoms with Crippen LogP contribution in [0.5, 0.6) is 0 Å². The molecule has 0 atom stereocenters. The molecule has 1 N–H and O–H groups in total. The first-order valence-electron chi connectivity index (χ1n) is 7.82. The Morgan fingerprint density at radius 3 is 2.11 bits per heavy atom. The van der Waals surface area contributed by atoms with Gasteiger partial charge in [0.15, 0.2) is 0 Å². The Hall–Kier alpha value is -0.120. The minimum atomic E-state index is 0.444. The van der Waals surface area contributed by atoms with Gasteiger partial charge >= 0.3 is 0 Å². The van der Waals surface area contributed by atoms with Crippen LogP contribution in [0.2, 0.25) is 0 Å². The van der Waals surface area contributed by atoms with Crippen LogP contribution in [0.4, 0.5) is 0 Å². The van der Waals surface area contributed by atoms with Crippen LogP contribution < -0.4 is 5.32 Å². The maximum absolute atomic E-state index is 3.57. The van der Waals surface area contributed by atoms with Gasteiger partial charge in [0.05, 0.1) is 0 Å². The highest BCUT2D eigenvalue weighted by Gasteiger charge is 2.39. The summed E-state index contributed by atoms with van der Waals surface area (Å²) in [6, 6.07) is 0. The van der Waals surface area contributed by atoms with Crippen molar-refractivity contribution in [3.63, 3.8) is 0 Å². The standard InChI is InChI=1S/C16H35N3/c1-15(2,3)10-11-17-12-13-19(6)14-16(18(4)5)8-7-9-16/h17H,7-14H2,1-6H3. The molecule has 1 saturated carbocycles. The zero-order valence-corrected chi connectivity index (χ0v) is 14.1. The summed E-state index contributed by atoms with van der Waals surface area (Å²) in [4.78, 5) is 4.92. The molecule has 1 aliphatic rings. The highest BCUT2D eigenvalue weighted by molar-refractivity contribution is 4.97. The second kappa shape index (κ2) is 7.05. The molecule has 1 fully saturated rings. The normalized spacial score (nSPS) is 18.9. The fourth-order valence-corrected chi connectivity index (χ4v) is 2.77. The summed E-state index contributed by atoms with van der Waals surface area (Å²) >= 11 is 0. The molecule has 0 bridgehead atoms. The van der Waals surface area contributed by atoms with Crippen molar-refractivity contribution in [3.8, 4) is 0 Å². The second-order valence-electron chi connectivity index (χ2n) is 7.77. The number of nitrogens with zero attached hydrogens (tertiary/aromatic N) is 2. The average molecular weight is 269 g/mol. The van der Waals surface area contributed by atoms with Gasteiger partial charge in [-0.25, -0.2) is 0 Å². The molecule has 114 valence electrons. The van der Waals surface area contributed by atoms with E-state index in [-0.39, 0.29) is 0 Å². The zero-order chi connectivity index (χ0) is 14.5. The summed E-state index contributed by atoms with van der Waals surface area (Å²) < 4.78 is 0. The van der Waals surface area contributed by atoms with Gasteiger partial charge in [0.1, 0.15) is 0 Å². The predicted molar refractivity (Wildman–Crippen MR) is 84.7 cm³/mol. The fraction of sp³-hybridized carbons (Fsp3) is 1.00. The number of rotatable bonds is 8. The zero-order valence-electron chi connectivity index (χ0n) is 14.1. The summed E-state index contributed by atoms with van der Waals surface area (Å²) in [6.07, 6.45) is 5.37. The third-order valence-electron chi connectivity index (χ3n) is 4.52. The second-order valence-corrected chi connectivity index (χ2v) is 7.77. The third kappa shape index (κ3) is 5.80. The molecule has 0 unspecified atom stereocenters. The lowest BCUT2D eigenvalue weighted by Crippen LogP contribution is -2.57. The topological polar surface area (TPSA) is 18.5 Å². The molecule has 0 aromatic carbocycles.